The molecule has 4 heterocycles. The van der Waals surface area contributed by atoms with Crippen molar-refractivity contribution in [3.63, 3.8) is 0 Å². The molecule has 2 aliphatic heterocycles. The Bertz CT molecular complexity index is 1280. The topological polar surface area (TPSA) is 58.2 Å². The quantitative estimate of drug-likeness (QED) is 0.485. The molecule has 0 unspecified atom stereocenters. The maximum absolute atomic E-state index is 13.6. The van der Waals surface area contributed by atoms with Crippen LogP contribution >= 0.6 is 0 Å². The van der Waals surface area contributed by atoms with Crippen LogP contribution in [0.2, 0.25) is 0 Å². The normalized spacial score (nSPS) is 16.5. The van der Waals surface area contributed by atoms with Crippen molar-refractivity contribution < 1.29 is 4.79 Å². The minimum atomic E-state index is 0.0918. The molecule has 0 aliphatic carbocycles. The van der Waals surface area contributed by atoms with Crippen LogP contribution in [0.15, 0.2) is 42.6 Å². The lowest BCUT2D eigenvalue weighted by atomic mass is 10.0. The zero-order valence-corrected chi connectivity index (χ0v) is 21.7. The molecule has 188 valence electrons. The number of pyridine rings is 1. The summed E-state index contributed by atoms with van der Waals surface area (Å²) in [7, 11) is 2.17. The Morgan fingerprint density at radius 3 is 2.39 bits per heavy atom. The van der Waals surface area contributed by atoms with Crippen LogP contribution in [-0.4, -0.2) is 84.4 Å². The molecule has 0 bridgehead atoms. The van der Waals surface area contributed by atoms with E-state index in [4.69, 9.17) is 0 Å². The van der Waals surface area contributed by atoms with E-state index in [1.165, 1.54) is 5.69 Å². The summed E-state index contributed by atoms with van der Waals surface area (Å²) in [5.74, 6) is 0.0918. The van der Waals surface area contributed by atoms with Crippen LogP contribution in [0.4, 0.5) is 5.69 Å². The number of piperazine rings is 1. The predicted octanol–water partition coefficient (Wildman–Crippen LogP) is 3.92. The summed E-state index contributed by atoms with van der Waals surface area (Å²) in [5, 5.41) is 9.52. The molecule has 3 aromatic rings. The van der Waals surface area contributed by atoms with E-state index in [0.29, 0.717) is 12.1 Å². The Morgan fingerprint density at radius 1 is 1.00 bits per heavy atom. The molecule has 0 N–H and O–H groups in total. The number of amides is 1. The zero-order valence-electron chi connectivity index (χ0n) is 21.7. The number of aromatic nitrogens is 1. The third kappa shape index (κ3) is 4.47. The van der Waals surface area contributed by atoms with Crippen LogP contribution in [0, 0.1) is 11.3 Å². The molecule has 7 heteroatoms. The van der Waals surface area contributed by atoms with Gasteiger partial charge in [0, 0.05) is 75.4 Å². The molecule has 2 aromatic heterocycles. The van der Waals surface area contributed by atoms with Crippen LogP contribution in [0.3, 0.4) is 0 Å². The third-order valence-electron chi connectivity index (χ3n) is 7.79. The number of fused-ring (bicyclic) bond motifs is 3. The number of nitrogens with zero attached hydrogens (tertiary/aromatic N) is 6. The molecule has 0 spiro atoms. The van der Waals surface area contributed by atoms with Gasteiger partial charge >= 0.3 is 0 Å². The Labute approximate surface area is 214 Å². The van der Waals surface area contributed by atoms with Gasteiger partial charge in [-0.15, -0.1) is 0 Å². The number of hydrogen-bond acceptors (Lipinski definition) is 5. The summed E-state index contributed by atoms with van der Waals surface area (Å²) in [6, 6.07) is 14.6. The number of nitriles is 1. The van der Waals surface area contributed by atoms with Gasteiger partial charge in [-0.05, 0) is 63.7 Å². The molecule has 5 rings (SSSR count). The zero-order chi connectivity index (χ0) is 25.2. The minimum Gasteiger partial charge on any atom is -0.372 e. The van der Waals surface area contributed by atoms with Crippen molar-refractivity contribution in [2.75, 3.05) is 64.3 Å². The number of likely N-dealkylation sites (N-methyl/N-ethyl adjacent to an activating group) is 1. The molecule has 1 fully saturated rings. The van der Waals surface area contributed by atoms with Crippen LogP contribution in [0.1, 0.15) is 41.9 Å². The van der Waals surface area contributed by atoms with Crippen molar-refractivity contribution in [3.8, 4) is 17.2 Å². The SMILES string of the molecule is CCN(CC)c1ccc(-c2c3c(n4ccc(C#N)cc24)C(=O)N(CCCN2CCN(C)CC2)C3)cc1. The van der Waals surface area contributed by atoms with Gasteiger partial charge in [0.05, 0.1) is 17.1 Å². The van der Waals surface area contributed by atoms with E-state index in [2.05, 4.69) is 65.9 Å². The first kappa shape index (κ1) is 24.4. The van der Waals surface area contributed by atoms with Gasteiger partial charge < -0.3 is 24.0 Å². The molecule has 1 saturated heterocycles. The van der Waals surface area contributed by atoms with Gasteiger partial charge in [0.1, 0.15) is 5.69 Å². The molecule has 1 aromatic carbocycles. The Kier molecular flexibility index (Phi) is 6.99. The first-order valence-corrected chi connectivity index (χ1v) is 13.2. The molecule has 0 atom stereocenters. The maximum Gasteiger partial charge on any atom is 0.271 e. The number of carbonyl (C=O) groups is 1. The van der Waals surface area contributed by atoms with Crippen LogP contribution in [-0.2, 0) is 6.54 Å². The molecule has 1 amide bonds. The maximum atomic E-state index is 13.6. The lowest BCUT2D eigenvalue weighted by Gasteiger charge is -2.32. The first-order chi connectivity index (χ1) is 17.5. The fraction of sp³-hybridized carbons (Fsp3) is 0.448. The van der Waals surface area contributed by atoms with E-state index < -0.39 is 0 Å². The molecule has 36 heavy (non-hydrogen) atoms. The molecular weight excluding hydrogens is 448 g/mol. The summed E-state index contributed by atoms with van der Waals surface area (Å²) >= 11 is 0. The van der Waals surface area contributed by atoms with Crippen LogP contribution in [0.25, 0.3) is 16.6 Å². The van der Waals surface area contributed by atoms with Crippen molar-refractivity contribution in [2.24, 2.45) is 0 Å². The number of carbonyl (C=O) groups excluding carboxylic acids is 1. The fourth-order valence-electron chi connectivity index (χ4n) is 5.66. The predicted molar refractivity (Wildman–Crippen MR) is 144 cm³/mol. The second-order valence-corrected chi connectivity index (χ2v) is 9.93. The van der Waals surface area contributed by atoms with E-state index in [1.807, 2.05) is 21.6 Å². The molecular formula is C29H36N6O. The molecule has 0 radical (unpaired) electrons. The van der Waals surface area contributed by atoms with Gasteiger partial charge in [0.25, 0.3) is 5.91 Å². The van der Waals surface area contributed by atoms with Gasteiger partial charge in [0.2, 0.25) is 0 Å². The average molecular weight is 485 g/mol. The monoisotopic (exact) mass is 484 g/mol. The average Bonchev–Trinajstić information content (AvgIpc) is 3.39. The number of rotatable bonds is 8. The minimum absolute atomic E-state index is 0.0918. The Morgan fingerprint density at radius 2 is 1.72 bits per heavy atom. The van der Waals surface area contributed by atoms with E-state index in [9.17, 15) is 10.1 Å². The second kappa shape index (κ2) is 10.3. The molecule has 7 nitrogen and oxygen atoms in total. The van der Waals surface area contributed by atoms with Crippen molar-refractivity contribution in [3.05, 3.63) is 59.4 Å². The lowest BCUT2D eigenvalue weighted by Crippen LogP contribution is -2.45. The van der Waals surface area contributed by atoms with Crippen molar-refractivity contribution in [1.82, 2.24) is 19.1 Å². The van der Waals surface area contributed by atoms with Gasteiger partial charge in [-0.2, -0.15) is 5.26 Å². The highest BCUT2D eigenvalue weighted by Crippen LogP contribution is 2.39. The largest absolute Gasteiger partial charge is 0.372 e. The number of benzene rings is 1. The standard InChI is InChI=1S/C29H36N6O/c1-4-33(5-2)24-9-7-23(8-10-24)27-25-21-34(13-6-12-32-17-15-31(3)16-18-32)29(36)28(25)35-14-11-22(20-30)19-26(27)35/h7-11,14,19H,4-6,12-13,15-18,21H2,1-3H3. The summed E-state index contributed by atoms with van der Waals surface area (Å²) in [6.45, 7) is 13.1. The Balaban J connectivity index is 1.43. The summed E-state index contributed by atoms with van der Waals surface area (Å²) < 4.78 is 1.99. The smallest absolute Gasteiger partial charge is 0.271 e. The molecule has 2 aliphatic rings. The summed E-state index contributed by atoms with van der Waals surface area (Å²) in [5.41, 5.74) is 6.72. The van der Waals surface area contributed by atoms with Gasteiger partial charge in [0.15, 0.2) is 0 Å². The highest BCUT2D eigenvalue weighted by Gasteiger charge is 2.34. The number of anilines is 1. The Hall–Kier alpha value is -3.34. The second-order valence-electron chi connectivity index (χ2n) is 9.93. The van der Waals surface area contributed by atoms with Gasteiger partial charge in [-0.1, -0.05) is 12.1 Å². The number of hydrogen-bond donors (Lipinski definition) is 0. The van der Waals surface area contributed by atoms with Gasteiger partial charge in [-0.25, -0.2) is 0 Å². The van der Waals surface area contributed by atoms with Crippen molar-refractivity contribution >= 4 is 17.1 Å². The fourth-order valence-corrected chi connectivity index (χ4v) is 5.66. The highest BCUT2D eigenvalue weighted by molar-refractivity contribution is 6.04. The lowest BCUT2D eigenvalue weighted by molar-refractivity contribution is 0.0759. The summed E-state index contributed by atoms with van der Waals surface area (Å²) in [4.78, 5) is 22.8. The van der Waals surface area contributed by atoms with E-state index in [-0.39, 0.29) is 5.91 Å². The summed E-state index contributed by atoms with van der Waals surface area (Å²) in [6.07, 6.45) is 2.86. The van der Waals surface area contributed by atoms with Crippen molar-refractivity contribution in [2.45, 2.75) is 26.8 Å². The first-order valence-electron chi connectivity index (χ1n) is 13.2. The van der Waals surface area contributed by atoms with Crippen LogP contribution < -0.4 is 4.90 Å². The van der Waals surface area contributed by atoms with E-state index in [0.717, 1.165) is 86.7 Å². The highest BCUT2D eigenvalue weighted by atomic mass is 16.2. The van der Waals surface area contributed by atoms with E-state index in [1.54, 1.807) is 6.07 Å². The van der Waals surface area contributed by atoms with E-state index >= 15 is 0 Å². The molecule has 0 saturated carbocycles. The van der Waals surface area contributed by atoms with Gasteiger partial charge in [-0.3, -0.25) is 4.79 Å². The van der Waals surface area contributed by atoms with Crippen LogP contribution in [0.5, 0.6) is 0 Å². The van der Waals surface area contributed by atoms with Crippen molar-refractivity contribution in [1.29, 1.82) is 5.26 Å². The third-order valence-corrected chi connectivity index (χ3v) is 7.79.